The zero-order valence-electron chi connectivity index (χ0n) is 10.6. The second kappa shape index (κ2) is 5.32. The van der Waals surface area contributed by atoms with Crippen LogP contribution >= 0.6 is 0 Å². The Labute approximate surface area is 114 Å². The molecule has 3 nitrogen and oxygen atoms in total. The van der Waals surface area contributed by atoms with Gasteiger partial charge in [-0.05, 0) is 36.8 Å². The smallest absolute Gasteiger partial charge is 0.398 e. The number of nitrogen functional groups attached to an aromatic ring is 1. The molecule has 0 aliphatic carbocycles. The molecular formula is C14H12F3N3. The first-order chi connectivity index (χ1) is 9.39. The highest BCUT2D eigenvalue weighted by atomic mass is 19.4. The molecule has 0 fully saturated rings. The van der Waals surface area contributed by atoms with Crippen molar-refractivity contribution in [3.63, 3.8) is 0 Å². The van der Waals surface area contributed by atoms with Crippen molar-refractivity contribution in [3.8, 4) is 0 Å². The van der Waals surface area contributed by atoms with E-state index in [1.165, 1.54) is 19.1 Å². The zero-order chi connectivity index (χ0) is 14.8. The van der Waals surface area contributed by atoms with Crippen LogP contribution in [0.4, 0.5) is 30.2 Å². The van der Waals surface area contributed by atoms with Crippen molar-refractivity contribution in [3.05, 3.63) is 53.6 Å². The number of hydrogen-bond acceptors (Lipinski definition) is 3. The first-order valence-corrected chi connectivity index (χ1v) is 5.82. The molecule has 20 heavy (non-hydrogen) atoms. The first-order valence-electron chi connectivity index (χ1n) is 5.82. The molecule has 2 aromatic rings. The molecule has 0 unspecified atom stereocenters. The molecule has 2 N–H and O–H groups in total. The van der Waals surface area contributed by atoms with Gasteiger partial charge >= 0.3 is 6.18 Å². The van der Waals surface area contributed by atoms with Gasteiger partial charge in [0.25, 0.3) is 0 Å². The molecular weight excluding hydrogens is 267 g/mol. The van der Waals surface area contributed by atoms with E-state index in [1.54, 1.807) is 24.3 Å². The topological polar surface area (TPSA) is 50.7 Å². The van der Waals surface area contributed by atoms with E-state index in [1.807, 2.05) is 6.07 Å². The summed E-state index contributed by atoms with van der Waals surface area (Å²) in [6, 6.07) is 11.4. The molecule has 0 saturated carbocycles. The molecule has 2 rings (SSSR count). The number of alkyl halides is 3. The lowest BCUT2D eigenvalue weighted by Crippen LogP contribution is -2.11. The Morgan fingerprint density at radius 2 is 1.60 bits per heavy atom. The monoisotopic (exact) mass is 279 g/mol. The SMILES string of the molecule is Cc1c(N=Nc2ccccc2)ccc(N)c1C(F)(F)F. The van der Waals surface area contributed by atoms with Crippen LogP contribution in [0.2, 0.25) is 0 Å². The van der Waals surface area contributed by atoms with Gasteiger partial charge in [0, 0.05) is 5.69 Å². The summed E-state index contributed by atoms with van der Waals surface area (Å²) >= 11 is 0. The van der Waals surface area contributed by atoms with Gasteiger partial charge in [0.2, 0.25) is 0 Å². The Bertz CT molecular complexity index is 634. The lowest BCUT2D eigenvalue weighted by Gasteiger charge is -2.14. The van der Waals surface area contributed by atoms with E-state index in [-0.39, 0.29) is 16.9 Å². The fourth-order valence-corrected chi connectivity index (χ4v) is 1.81. The third kappa shape index (κ3) is 2.96. The first kappa shape index (κ1) is 14.0. The van der Waals surface area contributed by atoms with Crippen LogP contribution in [0.25, 0.3) is 0 Å². The average Bonchev–Trinajstić information content (AvgIpc) is 2.37. The molecule has 104 valence electrons. The summed E-state index contributed by atoms with van der Waals surface area (Å²) < 4.78 is 38.7. The molecule has 0 aliphatic rings. The van der Waals surface area contributed by atoms with Gasteiger partial charge in [0.1, 0.15) is 0 Å². The normalized spacial score (nSPS) is 12.0. The van der Waals surface area contributed by atoms with Gasteiger partial charge in [-0.25, -0.2) is 0 Å². The molecule has 0 aliphatic heterocycles. The van der Waals surface area contributed by atoms with Crippen LogP contribution in [0.15, 0.2) is 52.7 Å². The number of rotatable bonds is 2. The Morgan fingerprint density at radius 3 is 2.20 bits per heavy atom. The lowest BCUT2D eigenvalue weighted by atomic mass is 10.0. The number of halogens is 3. The minimum absolute atomic E-state index is 0.0304. The largest absolute Gasteiger partial charge is 0.418 e. The number of hydrogen-bond donors (Lipinski definition) is 1. The molecule has 0 heterocycles. The van der Waals surface area contributed by atoms with Crippen LogP contribution < -0.4 is 5.73 Å². The number of nitrogens with two attached hydrogens (primary N) is 1. The number of benzene rings is 2. The maximum absolute atomic E-state index is 12.9. The van der Waals surface area contributed by atoms with Gasteiger partial charge < -0.3 is 5.73 Å². The predicted octanol–water partition coefficient (Wildman–Crippen LogP) is 5.01. The van der Waals surface area contributed by atoms with Gasteiger partial charge in [-0.2, -0.15) is 23.4 Å². The summed E-state index contributed by atoms with van der Waals surface area (Å²) in [5, 5.41) is 7.77. The van der Waals surface area contributed by atoms with Gasteiger partial charge in [-0.3, -0.25) is 0 Å². The highest BCUT2D eigenvalue weighted by Gasteiger charge is 2.35. The Kier molecular flexibility index (Phi) is 3.74. The van der Waals surface area contributed by atoms with E-state index in [0.717, 1.165) is 0 Å². The van der Waals surface area contributed by atoms with E-state index in [9.17, 15) is 13.2 Å². The Hall–Kier alpha value is -2.37. The standard InChI is InChI=1S/C14H12F3N3/c1-9-12(20-19-10-5-3-2-4-6-10)8-7-11(18)13(9)14(15,16)17/h2-8H,18H2,1H3. The molecule has 0 saturated heterocycles. The van der Waals surface area contributed by atoms with Crippen LogP contribution in [-0.4, -0.2) is 0 Å². The van der Waals surface area contributed by atoms with Gasteiger partial charge in [0.05, 0.1) is 16.9 Å². The molecule has 2 aromatic carbocycles. The van der Waals surface area contributed by atoms with Crippen LogP contribution in [0.1, 0.15) is 11.1 Å². The Morgan fingerprint density at radius 1 is 0.950 bits per heavy atom. The molecule has 0 amide bonds. The lowest BCUT2D eigenvalue weighted by molar-refractivity contribution is -0.137. The second-order valence-electron chi connectivity index (χ2n) is 4.21. The maximum Gasteiger partial charge on any atom is 0.418 e. The maximum atomic E-state index is 12.9. The van der Waals surface area contributed by atoms with Crippen molar-refractivity contribution in [1.82, 2.24) is 0 Å². The summed E-state index contributed by atoms with van der Waals surface area (Å²) in [6.45, 7) is 1.33. The Balaban J connectivity index is 2.42. The predicted molar refractivity (Wildman–Crippen MR) is 71.2 cm³/mol. The number of azo groups is 1. The highest BCUT2D eigenvalue weighted by molar-refractivity contribution is 5.62. The van der Waals surface area contributed by atoms with Crippen molar-refractivity contribution >= 4 is 17.1 Å². The number of anilines is 1. The number of nitrogens with zero attached hydrogens (tertiary/aromatic N) is 2. The fraction of sp³-hybridized carbons (Fsp3) is 0.143. The third-order valence-electron chi connectivity index (χ3n) is 2.78. The second-order valence-corrected chi connectivity index (χ2v) is 4.21. The van der Waals surface area contributed by atoms with Crippen molar-refractivity contribution in [2.45, 2.75) is 13.1 Å². The van der Waals surface area contributed by atoms with E-state index in [2.05, 4.69) is 10.2 Å². The zero-order valence-corrected chi connectivity index (χ0v) is 10.6. The average molecular weight is 279 g/mol. The van der Waals surface area contributed by atoms with Crippen LogP contribution in [-0.2, 0) is 6.18 Å². The van der Waals surface area contributed by atoms with E-state index in [0.29, 0.717) is 5.69 Å². The van der Waals surface area contributed by atoms with Crippen LogP contribution in [0.5, 0.6) is 0 Å². The van der Waals surface area contributed by atoms with E-state index in [4.69, 9.17) is 5.73 Å². The summed E-state index contributed by atoms with van der Waals surface area (Å²) in [5.74, 6) is 0. The molecule has 0 spiro atoms. The summed E-state index contributed by atoms with van der Waals surface area (Å²) in [5.41, 5.74) is 4.91. The van der Waals surface area contributed by atoms with Gasteiger partial charge in [0.15, 0.2) is 0 Å². The minimum atomic E-state index is -4.51. The molecule has 0 bridgehead atoms. The van der Waals surface area contributed by atoms with Crippen molar-refractivity contribution < 1.29 is 13.2 Å². The van der Waals surface area contributed by atoms with E-state index < -0.39 is 11.7 Å². The third-order valence-corrected chi connectivity index (χ3v) is 2.78. The molecule has 0 radical (unpaired) electrons. The van der Waals surface area contributed by atoms with Crippen molar-refractivity contribution in [1.29, 1.82) is 0 Å². The van der Waals surface area contributed by atoms with E-state index >= 15 is 0 Å². The fourth-order valence-electron chi connectivity index (χ4n) is 1.81. The summed E-state index contributed by atoms with van der Waals surface area (Å²) in [7, 11) is 0. The summed E-state index contributed by atoms with van der Waals surface area (Å²) in [4.78, 5) is 0. The van der Waals surface area contributed by atoms with Crippen molar-refractivity contribution in [2.24, 2.45) is 10.2 Å². The minimum Gasteiger partial charge on any atom is -0.398 e. The van der Waals surface area contributed by atoms with Crippen LogP contribution in [0.3, 0.4) is 0 Å². The molecule has 0 atom stereocenters. The van der Waals surface area contributed by atoms with Crippen molar-refractivity contribution in [2.75, 3.05) is 5.73 Å². The summed E-state index contributed by atoms with van der Waals surface area (Å²) in [6.07, 6.45) is -4.51. The highest BCUT2D eigenvalue weighted by Crippen LogP contribution is 2.39. The van der Waals surface area contributed by atoms with Gasteiger partial charge in [-0.15, -0.1) is 0 Å². The molecule has 6 heteroatoms. The van der Waals surface area contributed by atoms with Crippen LogP contribution in [0, 0.1) is 6.92 Å². The quantitative estimate of drug-likeness (QED) is 0.609. The van der Waals surface area contributed by atoms with Gasteiger partial charge in [-0.1, -0.05) is 18.2 Å². The molecule has 0 aromatic heterocycles.